The lowest BCUT2D eigenvalue weighted by Gasteiger charge is -2.12. The minimum absolute atomic E-state index is 0.0945. The number of nitrogens with one attached hydrogen (secondary N) is 2. The monoisotopic (exact) mass is 571 g/mol. The van der Waals surface area contributed by atoms with Crippen molar-refractivity contribution in [1.82, 2.24) is 19.9 Å². The van der Waals surface area contributed by atoms with Crippen molar-refractivity contribution in [3.63, 3.8) is 0 Å². The summed E-state index contributed by atoms with van der Waals surface area (Å²) in [5.74, 6) is 0.245. The summed E-state index contributed by atoms with van der Waals surface area (Å²) in [7, 11) is -1.52. The van der Waals surface area contributed by atoms with Crippen LogP contribution in [0, 0.1) is 0 Å². The lowest BCUT2D eigenvalue weighted by Crippen LogP contribution is -2.25. The molecule has 8 nitrogen and oxygen atoms in total. The van der Waals surface area contributed by atoms with Gasteiger partial charge in [0, 0.05) is 42.4 Å². The van der Waals surface area contributed by atoms with Crippen molar-refractivity contribution >= 4 is 52.1 Å². The van der Waals surface area contributed by atoms with Crippen molar-refractivity contribution in [2.24, 2.45) is 0 Å². The van der Waals surface area contributed by atoms with E-state index >= 15 is 0 Å². The number of benzene rings is 3. The minimum atomic E-state index is -3.49. The molecule has 0 unspecified atom stereocenters. The molecule has 0 atom stereocenters. The average Bonchev–Trinajstić information content (AvgIpc) is 3.35. The van der Waals surface area contributed by atoms with E-state index in [-0.39, 0.29) is 23.0 Å². The summed E-state index contributed by atoms with van der Waals surface area (Å²) in [4.78, 5) is 17.3. The van der Waals surface area contributed by atoms with E-state index in [0.717, 1.165) is 39.3 Å². The summed E-state index contributed by atoms with van der Waals surface area (Å²) in [5, 5.41) is 11.4. The molecule has 2 heterocycles. The SMILES string of the molecule is Bc1cnn2c(NCc3ccc(CNC(=O)CCS(=O)(=O)c4ccccc4)cc3)cc(-c3ccccc3Cl)nc12. The molecule has 3 aromatic carbocycles. The highest BCUT2D eigenvalue weighted by molar-refractivity contribution is 7.91. The number of hydrogen-bond donors (Lipinski definition) is 2. The van der Waals surface area contributed by atoms with Crippen LogP contribution in [0.3, 0.4) is 0 Å². The number of aromatic nitrogens is 3. The van der Waals surface area contributed by atoms with Crippen molar-refractivity contribution in [1.29, 1.82) is 0 Å². The van der Waals surface area contributed by atoms with Gasteiger partial charge < -0.3 is 10.6 Å². The highest BCUT2D eigenvalue weighted by Gasteiger charge is 2.16. The molecule has 0 aliphatic heterocycles. The third-order valence-corrected chi connectivity index (χ3v) is 8.55. The largest absolute Gasteiger partial charge is 0.366 e. The molecule has 5 aromatic rings. The zero-order valence-electron chi connectivity index (χ0n) is 21.8. The molecule has 0 radical (unpaired) electrons. The van der Waals surface area contributed by atoms with Crippen LogP contribution in [0.1, 0.15) is 17.5 Å². The van der Waals surface area contributed by atoms with Crippen LogP contribution in [0.2, 0.25) is 5.02 Å². The lowest BCUT2D eigenvalue weighted by molar-refractivity contribution is -0.120. The zero-order chi connectivity index (χ0) is 28.1. The summed E-state index contributed by atoms with van der Waals surface area (Å²) in [6.07, 6.45) is 1.69. The van der Waals surface area contributed by atoms with Crippen molar-refractivity contribution in [2.45, 2.75) is 24.4 Å². The highest BCUT2D eigenvalue weighted by Crippen LogP contribution is 2.28. The van der Waals surface area contributed by atoms with Gasteiger partial charge >= 0.3 is 0 Å². The smallest absolute Gasteiger partial charge is 0.221 e. The second kappa shape index (κ2) is 11.9. The quantitative estimate of drug-likeness (QED) is 0.249. The van der Waals surface area contributed by atoms with Gasteiger partial charge in [-0.25, -0.2) is 13.4 Å². The van der Waals surface area contributed by atoms with E-state index in [2.05, 4.69) is 15.7 Å². The van der Waals surface area contributed by atoms with Crippen LogP contribution in [0.15, 0.2) is 96.0 Å². The predicted molar refractivity (Wildman–Crippen MR) is 160 cm³/mol. The van der Waals surface area contributed by atoms with Gasteiger partial charge in [0.1, 0.15) is 13.7 Å². The van der Waals surface area contributed by atoms with Crippen LogP contribution in [0.4, 0.5) is 5.82 Å². The Morgan fingerprint density at radius 3 is 2.33 bits per heavy atom. The van der Waals surface area contributed by atoms with Gasteiger partial charge in [0.2, 0.25) is 5.91 Å². The van der Waals surface area contributed by atoms with Crippen LogP contribution < -0.4 is 16.1 Å². The fourth-order valence-corrected chi connectivity index (χ4v) is 5.73. The number of amides is 1. The van der Waals surface area contributed by atoms with Crippen LogP contribution in [-0.2, 0) is 27.7 Å². The standard InChI is InChI=1S/C29H27BClN5O3S/c30-24-19-34-36-27(16-26(35-29(24)36)23-8-4-5-9-25(23)31)32-17-20-10-12-21(13-11-20)18-33-28(37)14-15-40(38,39)22-6-2-1-3-7-22/h1-13,16,19,32H,14-15,17-18,30H2,(H,33,37). The van der Waals surface area contributed by atoms with E-state index in [1.807, 2.05) is 62.4 Å². The van der Waals surface area contributed by atoms with Crippen LogP contribution in [-0.4, -0.2) is 42.5 Å². The lowest BCUT2D eigenvalue weighted by atomic mass is 10.0. The van der Waals surface area contributed by atoms with E-state index in [1.165, 1.54) is 12.1 Å². The van der Waals surface area contributed by atoms with Gasteiger partial charge in [0.05, 0.1) is 16.3 Å². The third kappa shape index (κ3) is 6.35. The van der Waals surface area contributed by atoms with E-state index in [1.54, 1.807) is 28.9 Å². The Balaban J connectivity index is 1.19. The molecule has 0 fully saturated rings. The minimum Gasteiger partial charge on any atom is -0.366 e. The van der Waals surface area contributed by atoms with Gasteiger partial charge in [-0.2, -0.15) is 9.61 Å². The van der Waals surface area contributed by atoms with Crippen molar-refractivity contribution < 1.29 is 13.2 Å². The molecule has 40 heavy (non-hydrogen) atoms. The number of rotatable bonds is 10. The third-order valence-electron chi connectivity index (χ3n) is 6.48. The molecule has 5 rings (SSSR count). The fourth-order valence-electron chi connectivity index (χ4n) is 4.23. The van der Waals surface area contributed by atoms with Crippen LogP contribution in [0.25, 0.3) is 16.9 Å². The number of carbonyl (C=O) groups is 1. The summed E-state index contributed by atoms with van der Waals surface area (Å²) < 4.78 is 26.6. The molecule has 2 N–H and O–H groups in total. The van der Waals surface area contributed by atoms with Crippen molar-refractivity contribution in [3.8, 4) is 11.3 Å². The Hall–Kier alpha value is -4.15. The molecular formula is C29H27BClN5O3S. The first-order valence-corrected chi connectivity index (χ1v) is 14.8. The molecule has 0 bridgehead atoms. The molecule has 11 heteroatoms. The van der Waals surface area contributed by atoms with E-state index in [0.29, 0.717) is 18.1 Å². The maximum atomic E-state index is 12.4. The number of carbonyl (C=O) groups excluding carboxylic acids is 1. The van der Waals surface area contributed by atoms with Gasteiger partial charge in [-0.05, 0) is 34.8 Å². The Morgan fingerprint density at radius 2 is 1.60 bits per heavy atom. The number of halogens is 1. The molecule has 2 aromatic heterocycles. The van der Waals surface area contributed by atoms with Gasteiger partial charge in [0.15, 0.2) is 15.5 Å². The van der Waals surface area contributed by atoms with Gasteiger partial charge in [0.25, 0.3) is 0 Å². The summed E-state index contributed by atoms with van der Waals surface area (Å²) >= 11 is 6.44. The fraction of sp³-hybridized carbons (Fsp3) is 0.138. The van der Waals surface area contributed by atoms with E-state index in [4.69, 9.17) is 16.6 Å². The van der Waals surface area contributed by atoms with Gasteiger partial charge in [-0.15, -0.1) is 0 Å². The number of hydrogen-bond acceptors (Lipinski definition) is 6. The van der Waals surface area contributed by atoms with Crippen molar-refractivity contribution in [3.05, 3.63) is 107 Å². The van der Waals surface area contributed by atoms with E-state index < -0.39 is 9.84 Å². The van der Waals surface area contributed by atoms with E-state index in [9.17, 15) is 13.2 Å². The normalized spacial score (nSPS) is 11.4. The van der Waals surface area contributed by atoms with Gasteiger partial charge in [-0.3, -0.25) is 4.79 Å². The first-order chi connectivity index (χ1) is 19.3. The molecule has 0 aliphatic carbocycles. The highest BCUT2D eigenvalue weighted by atomic mass is 35.5. The zero-order valence-corrected chi connectivity index (χ0v) is 23.4. The molecule has 0 aliphatic rings. The molecule has 0 saturated heterocycles. The molecule has 0 spiro atoms. The number of fused-ring (bicyclic) bond motifs is 1. The maximum Gasteiger partial charge on any atom is 0.221 e. The van der Waals surface area contributed by atoms with Crippen LogP contribution >= 0.6 is 11.6 Å². The summed E-state index contributed by atoms with van der Waals surface area (Å²) in [6.45, 7) is 0.862. The number of anilines is 1. The second-order valence-corrected chi connectivity index (χ2v) is 11.9. The van der Waals surface area contributed by atoms with Crippen LogP contribution in [0.5, 0.6) is 0 Å². The molecule has 1 amide bonds. The molecular weight excluding hydrogens is 545 g/mol. The Bertz CT molecular complexity index is 1760. The van der Waals surface area contributed by atoms with Gasteiger partial charge in [-0.1, -0.05) is 72.3 Å². The topological polar surface area (TPSA) is 105 Å². The Labute approximate surface area is 238 Å². The second-order valence-electron chi connectivity index (χ2n) is 9.40. The first-order valence-electron chi connectivity index (χ1n) is 12.8. The summed E-state index contributed by atoms with van der Waals surface area (Å²) in [5.41, 5.74) is 5.27. The predicted octanol–water partition coefficient (Wildman–Crippen LogP) is 3.40. The molecule has 0 saturated carbocycles. The molecule has 202 valence electrons. The number of nitrogens with zero attached hydrogens (tertiary/aromatic N) is 3. The Kier molecular flexibility index (Phi) is 8.18. The first kappa shape index (κ1) is 27.4. The average molecular weight is 572 g/mol. The van der Waals surface area contributed by atoms with Crippen molar-refractivity contribution in [2.75, 3.05) is 11.1 Å². The number of sulfone groups is 1. The summed E-state index contributed by atoms with van der Waals surface area (Å²) in [6, 6.07) is 25.5. The maximum absolute atomic E-state index is 12.4. The Morgan fingerprint density at radius 1 is 0.925 bits per heavy atom.